The lowest BCUT2D eigenvalue weighted by molar-refractivity contribution is -0.917. The lowest BCUT2D eigenvalue weighted by Gasteiger charge is -2.31. The molecular formula is C21H24ClN2O2+. The van der Waals surface area contributed by atoms with E-state index in [2.05, 4.69) is 6.07 Å². The summed E-state index contributed by atoms with van der Waals surface area (Å²) in [6.45, 7) is 4.37. The van der Waals surface area contributed by atoms with Crippen molar-refractivity contribution in [2.24, 2.45) is 0 Å². The van der Waals surface area contributed by atoms with E-state index in [1.54, 1.807) is 13.2 Å². The highest BCUT2D eigenvalue weighted by molar-refractivity contribution is 6.30. The van der Waals surface area contributed by atoms with Crippen LogP contribution in [0.25, 0.3) is 6.08 Å². The standard InChI is InChI=1S/C21H23ClN2O2/c1-26-20-8-3-2-6-18(20)9-10-21(25)24-13-11-23(12-14-24)16-17-5-4-7-19(22)15-17/h2-10,15H,11-14,16H2,1H3/p+1/b10-9+. The number of piperazine rings is 1. The van der Waals surface area contributed by atoms with Gasteiger partial charge in [0.25, 0.3) is 0 Å². The van der Waals surface area contributed by atoms with E-state index in [-0.39, 0.29) is 5.91 Å². The van der Waals surface area contributed by atoms with E-state index in [0.29, 0.717) is 0 Å². The number of amides is 1. The molecule has 0 atom stereocenters. The van der Waals surface area contributed by atoms with Crippen LogP contribution in [-0.2, 0) is 11.3 Å². The number of quaternary nitrogens is 1. The predicted octanol–water partition coefficient (Wildman–Crippen LogP) is 2.29. The topological polar surface area (TPSA) is 34.0 Å². The van der Waals surface area contributed by atoms with Gasteiger partial charge in [-0.1, -0.05) is 41.9 Å². The van der Waals surface area contributed by atoms with E-state index in [9.17, 15) is 4.79 Å². The van der Waals surface area contributed by atoms with Crippen LogP contribution in [0.5, 0.6) is 5.75 Å². The zero-order valence-electron chi connectivity index (χ0n) is 15.0. The molecule has 0 unspecified atom stereocenters. The lowest BCUT2D eigenvalue weighted by atomic mass is 10.1. The van der Waals surface area contributed by atoms with Gasteiger partial charge in [0.1, 0.15) is 12.3 Å². The molecule has 1 fully saturated rings. The minimum absolute atomic E-state index is 0.0534. The average molecular weight is 372 g/mol. The van der Waals surface area contributed by atoms with Crippen LogP contribution in [0.4, 0.5) is 0 Å². The summed E-state index contributed by atoms with van der Waals surface area (Å²) in [7, 11) is 1.64. The molecule has 2 aromatic carbocycles. The number of hydrogen-bond donors (Lipinski definition) is 1. The third-order valence-electron chi connectivity index (χ3n) is 4.67. The van der Waals surface area contributed by atoms with Crippen LogP contribution in [0.2, 0.25) is 5.02 Å². The molecule has 1 N–H and O–H groups in total. The second kappa shape index (κ2) is 8.88. The molecule has 1 amide bonds. The smallest absolute Gasteiger partial charge is 0.246 e. The number of methoxy groups -OCH3 is 1. The van der Waals surface area contributed by atoms with E-state index in [1.165, 1.54) is 10.5 Å². The molecule has 1 saturated heterocycles. The van der Waals surface area contributed by atoms with Crippen LogP contribution in [-0.4, -0.2) is 44.1 Å². The Morgan fingerprint density at radius 2 is 1.96 bits per heavy atom. The Kier molecular flexibility index (Phi) is 6.31. The highest BCUT2D eigenvalue weighted by Gasteiger charge is 2.22. The Balaban J connectivity index is 1.52. The van der Waals surface area contributed by atoms with Gasteiger partial charge in [-0.2, -0.15) is 0 Å². The van der Waals surface area contributed by atoms with Gasteiger partial charge in [-0.3, -0.25) is 4.79 Å². The number of para-hydroxylation sites is 1. The molecule has 0 spiro atoms. The molecule has 4 nitrogen and oxygen atoms in total. The van der Waals surface area contributed by atoms with Crippen LogP contribution in [0.3, 0.4) is 0 Å². The largest absolute Gasteiger partial charge is 0.496 e. The van der Waals surface area contributed by atoms with Crippen molar-refractivity contribution < 1.29 is 14.4 Å². The third kappa shape index (κ3) is 4.87. The molecule has 1 aliphatic rings. The SMILES string of the molecule is COc1ccccc1/C=C/C(=O)N1CC[NH+](Cc2cccc(Cl)c2)CC1. The van der Waals surface area contributed by atoms with Crippen molar-refractivity contribution in [2.75, 3.05) is 33.3 Å². The van der Waals surface area contributed by atoms with Gasteiger partial charge in [-0.05, 0) is 24.3 Å². The fourth-order valence-electron chi connectivity index (χ4n) is 3.23. The first kappa shape index (κ1) is 18.5. The Morgan fingerprint density at radius 3 is 2.69 bits per heavy atom. The first-order valence-electron chi connectivity index (χ1n) is 8.84. The van der Waals surface area contributed by atoms with Gasteiger partial charge < -0.3 is 14.5 Å². The first-order valence-corrected chi connectivity index (χ1v) is 9.21. The molecule has 136 valence electrons. The van der Waals surface area contributed by atoms with Crippen LogP contribution < -0.4 is 9.64 Å². The van der Waals surface area contributed by atoms with Crippen molar-refractivity contribution in [3.8, 4) is 5.75 Å². The summed E-state index contributed by atoms with van der Waals surface area (Å²) in [6, 6.07) is 15.7. The molecule has 0 aromatic heterocycles. The van der Waals surface area contributed by atoms with Gasteiger partial charge in [-0.25, -0.2) is 0 Å². The van der Waals surface area contributed by atoms with E-state index in [1.807, 2.05) is 53.4 Å². The Bertz CT molecular complexity index is 783. The second-order valence-corrected chi connectivity index (χ2v) is 6.89. The Labute approximate surface area is 159 Å². The molecule has 0 saturated carbocycles. The summed E-state index contributed by atoms with van der Waals surface area (Å²) >= 11 is 6.06. The summed E-state index contributed by atoms with van der Waals surface area (Å²) in [5, 5.41) is 0.775. The number of carbonyl (C=O) groups excluding carboxylic acids is 1. The number of ether oxygens (including phenoxy) is 1. The summed E-state index contributed by atoms with van der Waals surface area (Å²) in [6.07, 6.45) is 3.46. The molecule has 2 aromatic rings. The molecule has 0 aliphatic carbocycles. The maximum Gasteiger partial charge on any atom is 0.246 e. The van der Waals surface area contributed by atoms with Gasteiger partial charge in [0.05, 0.1) is 33.3 Å². The zero-order valence-corrected chi connectivity index (χ0v) is 15.7. The first-order chi connectivity index (χ1) is 12.7. The summed E-state index contributed by atoms with van der Waals surface area (Å²) in [5.41, 5.74) is 2.15. The van der Waals surface area contributed by atoms with Gasteiger partial charge >= 0.3 is 0 Å². The highest BCUT2D eigenvalue weighted by Crippen LogP contribution is 2.18. The lowest BCUT2D eigenvalue weighted by Crippen LogP contribution is -3.13. The molecule has 1 aliphatic heterocycles. The van der Waals surface area contributed by atoms with Crippen molar-refractivity contribution in [3.05, 3.63) is 70.8 Å². The number of rotatable bonds is 5. The summed E-state index contributed by atoms with van der Waals surface area (Å²) in [4.78, 5) is 15.8. The zero-order chi connectivity index (χ0) is 18.4. The number of benzene rings is 2. The summed E-state index contributed by atoms with van der Waals surface area (Å²) < 4.78 is 5.31. The van der Waals surface area contributed by atoms with Crippen LogP contribution >= 0.6 is 11.6 Å². The number of halogens is 1. The maximum absolute atomic E-state index is 12.5. The van der Waals surface area contributed by atoms with Gasteiger partial charge in [-0.15, -0.1) is 0 Å². The molecule has 1 heterocycles. The molecule has 0 radical (unpaired) electrons. The van der Waals surface area contributed by atoms with Crippen molar-refractivity contribution in [3.63, 3.8) is 0 Å². The molecule has 5 heteroatoms. The van der Waals surface area contributed by atoms with Gasteiger partial charge in [0.15, 0.2) is 0 Å². The molecule has 0 bridgehead atoms. The normalized spacial score (nSPS) is 15.4. The van der Waals surface area contributed by atoms with Crippen LogP contribution in [0, 0.1) is 0 Å². The Morgan fingerprint density at radius 1 is 1.19 bits per heavy atom. The summed E-state index contributed by atoms with van der Waals surface area (Å²) in [5.74, 6) is 0.824. The van der Waals surface area contributed by atoms with Crippen LogP contribution in [0.15, 0.2) is 54.6 Å². The van der Waals surface area contributed by atoms with E-state index < -0.39 is 0 Å². The van der Waals surface area contributed by atoms with E-state index >= 15 is 0 Å². The van der Waals surface area contributed by atoms with E-state index in [0.717, 1.165) is 49.1 Å². The monoisotopic (exact) mass is 371 g/mol. The fraction of sp³-hybridized carbons (Fsp3) is 0.286. The van der Waals surface area contributed by atoms with Crippen molar-refractivity contribution in [1.29, 1.82) is 0 Å². The highest BCUT2D eigenvalue weighted by atomic mass is 35.5. The number of nitrogens with one attached hydrogen (secondary N) is 1. The number of carbonyl (C=O) groups is 1. The van der Waals surface area contributed by atoms with Crippen molar-refractivity contribution >= 4 is 23.6 Å². The van der Waals surface area contributed by atoms with E-state index in [4.69, 9.17) is 16.3 Å². The maximum atomic E-state index is 12.5. The quantitative estimate of drug-likeness (QED) is 0.818. The molecular weight excluding hydrogens is 348 g/mol. The molecule has 3 rings (SSSR count). The average Bonchev–Trinajstić information content (AvgIpc) is 2.67. The third-order valence-corrected chi connectivity index (χ3v) is 4.90. The fourth-order valence-corrected chi connectivity index (χ4v) is 3.44. The number of hydrogen-bond acceptors (Lipinski definition) is 2. The Hall–Kier alpha value is -2.30. The van der Waals surface area contributed by atoms with Gasteiger partial charge in [0.2, 0.25) is 5.91 Å². The number of nitrogens with zero attached hydrogens (tertiary/aromatic N) is 1. The minimum atomic E-state index is 0.0534. The predicted molar refractivity (Wildman–Crippen MR) is 104 cm³/mol. The molecule has 26 heavy (non-hydrogen) atoms. The van der Waals surface area contributed by atoms with Gasteiger partial charge in [0, 0.05) is 22.2 Å². The minimum Gasteiger partial charge on any atom is -0.496 e. The van der Waals surface area contributed by atoms with Crippen LogP contribution in [0.1, 0.15) is 11.1 Å². The van der Waals surface area contributed by atoms with Crippen molar-refractivity contribution in [2.45, 2.75) is 6.54 Å². The second-order valence-electron chi connectivity index (χ2n) is 6.46. The van der Waals surface area contributed by atoms with Crippen molar-refractivity contribution in [1.82, 2.24) is 4.90 Å².